The highest BCUT2D eigenvalue weighted by Crippen LogP contribution is 2.49. The summed E-state index contributed by atoms with van der Waals surface area (Å²) in [7, 11) is 0. The molecular weight excluding hydrogens is 560 g/mol. The van der Waals surface area contributed by atoms with Gasteiger partial charge in [0.25, 0.3) is 5.69 Å². The topological polar surface area (TPSA) is 141 Å². The Bertz CT molecular complexity index is 1030. The average molecular weight is 564 g/mol. The molecule has 0 atom stereocenters. The maximum absolute atomic E-state index is 13.3. The van der Waals surface area contributed by atoms with E-state index in [4.69, 9.17) is 11.6 Å². The van der Waals surface area contributed by atoms with E-state index in [9.17, 15) is 43.5 Å². The molecule has 0 aliphatic carbocycles. The smallest absolute Gasteiger partial charge is 0.342 e. The average Bonchev–Trinajstić information content (AvgIpc) is 2.55. The summed E-state index contributed by atoms with van der Waals surface area (Å²) in [6, 6.07) is 1.72. The summed E-state index contributed by atoms with van der Waals surface area (Å²) in [5.41, 5.74) is -5.79. The molecule has 154 valence electrons. The molecule has 0 aromatic heterocycles. The van der Waals surface area contributed by atoms with Gasteiger partial charge in [-0.25, -0.2) is 0 Å². The van der Waals surface area contributed by atoms with Crippen molar-refractivity contribution in [3.63, 3.8) is 0 Å². The molecule has 0 saturated heterocycles. The van der Waals surface area contributed by atoms with Crippen molar-refractivity contribution in [2.45, 2.75) is 6.18 Å². The predicted molar refractivity (Wildman–Crippen MR) is 102 cm³/mol. The second-order valence-electron chi connectivity index (χ2n) is 5.16. The molecule has 0 aliphatic heterocycles. The van der Waals surface area contributed by atoms with E-state index >= 15 is 0 Å². The zero-order valence-electron chi connectivity index (χ0n) is 13.3. The van der Waals surface area contributed by atoms with Crippen molar-refractivity contribution >= 4 is 71.9 Å². The van der Waals surface area contributed by atoms with Gasteiger partial charge in [-0.05, 0) is 37.9 Å². The fourth-order valence-corrected chi connectivity index (χ4v) is 4.31. The first kappa shape index (κ1) is 22.8. The van der Waals surface area contributed by atoms with Gasteiger partial charge in [-0.1, -0.05) is 11.6 Å². The van der Waals surface area contributed by atoms with Crippen molar-refractivity contribution in [1.29, 1.82) is 0 Å². The molecule has 0 radical (unpaired) electrons. The minimum atomic E-state index is -4.93. The number of nitrogens with zero attached hydrogens (tertiary/aromatic N) is 3. The van der Waals surface area contributed by atoms with Crippen LogP contribution in [0.5, 0.6) is 0 Å². The van der Waals surface area contributed by atoms with E-state index in [1.54, 1.807) is 0 Å². The van der Waals surface area contributed by atoms with Gasteiger partial charge in [0, 0.05) is 4.47 Å². The molecule has 0 unspecified atom stereocenters. The molecule has 0 aliphatic rings. The number of nitro groups is 3. The molecule has 10 nitrogen and oxygen atoms in total. The Morgan fingerprint density at radius 2 is 1.38 bits per heavy atom. The summed E-state index contributed by atoms with van der Waals surface area (Å²) >= 11 is 11.2. The van der Waals surface area contributed by atoms with Gasteiger partial charge < -0.3 is 5.32 Å². The Morgan fingerprint density at radius 1 is 0.897 bits per heavy atom. The lowest BCUT2D eigenvalue weighted by Gasteiger charge is -2.17. The first-order valence-corrected chi connectivity index (χ1v) is 8.85. The van der Waals surface area contributed by atoms with Crippen molar-refractivity contribution in [3.05, 3.63) is 68.1 Å². The number of anilines is 2. The van der Waals surface area contributed by atoms with Gasteiger partial charge in [0.05, 0.1) is 47.6 Å². The fourth-order valence-electron chi connectivity index (χ4n) is 2.21. The molecule has 0 heterocycles. The van der Waals surface area contributed by atoms with E-state index in [-0.39, 0.29) is 4.47 Å². The summed E-state index contributed by atoms with van der Waals surface area (Å²) in [4.78, 5) is 30.1. The third-order valence-corrected chi connectivity index (χ3v) is 5.11. The number of alkyl halides is 3. The van der Waals surface area contributed by atoms with Gasteiger partial charge >= 0.3 is 17.6 Å². The van der Waals surface area contributed by atoms with Crippen LogP contribution in [0.2, 0.25) is 5.02 Å². The highest BCUT2D eigenvalue weighted by atomic mass is 79.9. The lowest BCUT2D eigenvalue weighted by molar-refractivity contribution is -0.401. The Kier molecular flexibility index (Phi) is 6.34. The van der Waals surface area contributed by atoms with Crippen LogP contribution in [-0.2, 0) is 6.18 Å². The summed E-state index contributed by atoms with van der Waals surface area (Å²) in [6.45, 7) is 0. The van der Waals surface area contributed by atoms with Crippen LogP contribution >= 0.6 is 43.5 Å². The molecule has 0 spiro atoms. The Balaban J connectivity index is 2.83. The quantitative estimate of drug-likeness (QED) is 0.329. The van der Waals surface area contributed by atoms with E-state index in [1.807, 2.05) is 0 Å². The van der Waals surface area contributed by atoms with Gasteiger partial charge in [-0.2, -0.15) is 13.2 Å². The van der Waals surface area contributed by atoms with Crippen molar-refractivity contribution in [2.75, 3.05) is 5.32 Å². The third kappa shape index (κ3) is 4.56. The van der Waals surface area contributed by atoms with E-state index in [1.165, 1.54) is 0 Å². The van der Waals surface area contributed by atoms with Crippen LogP contribution < -0.4 is 5.32 Å². The van der Waals surface area contributed by atoms with Gasteiger partial charge in [0.2, 0.25) is 0 Å². The number of hydrogen-bond donors (Lipinski definition) is 1. The number of nitrogens with one attached hydrogen (secondary N) is 1. The molecule has 0 bridgehead atoms. The van der Waals surface area contributed by atoms with Crippen LogP contribution in [0.3, 0.4) is 0 Å². The lowest BCUT2D eigenvalue weighted by Crippen LogP contribution is -2.10. The van der Waals surface area contributed by atoms with Gasteiger partial charge in [-0.15, -0.1) is 0 Å². The highest BCUT2D eigenvalue weighted by Gasteiger charge is 2.38. The van der Waals surface area contributed by atoms with Gasteiger partial charge in [-0.3, -0.25) is 30.3 Å². The first-order chi connectivity index (χ1) is 13.3. The van der Waals surface area contributed by atoms with Crippen molar-refractivity contribution < 1.29 is 27.9 Å². The molecule has 29 heavy (non-hydrogen) atoms. The maximum Gasteiger partial charge on any atom is 0.419 e. The zero-order chi connectivity index (χ0) is 22.3. The molecular formula is C13H4Br2ClF3N4O6. The molecule has 0 fully saturated rings. The Labute approximate surface area is 179 Å². The monoisotopic (exact) mass is 562 g/mol. The van der Waals surface area contributed by atoms with Crippen LogP contribution in [0, 0.1) is 30.3 Å². The number of benzene rings is 2. The van der Waals surface area contributed by atoms with Crippen LogP contribution in [0.15, 0.2) is 27.1 Å². The SMILES string of the molecule is O=[N+]([O-])c1cc([N+](=O)[O-])c(Nc2c(Br)cc(Cl)c(C(F)(F)F)c2Br)c([N+](=O)[O-])c1. The summed E-state index contributed by atoms with van der Waals surface area (Å²) < 4.78 is 39.0. The second kappa shape index (κ2) is 8.08. The number of halogens is 6. The second-order valence-corrected chi connectivity index (χ2v) is 7.21. The molecule has 2 rings (SSSR count). The molecule has 2 aromatic carbocycles. The highest BCUT2D eigenvalue weighted by molar-refractivity contribution is 9.11. The molecule has 0 amide bonds. The number of hydrogen-bond acceptors (Lipinski definition) is 7. The van der Waals surface area contributed by atoms with Gasteiger partial charge in [0.15, 0.2) is 5.69 Å². The molecule has 16 heteroatoms. The zero-order valence-corrected chi connectivity index (χ0v) is 17.2. The van der Waals surface area contributed by atoms with Crippen LogP contribution in [0.1, 0.15) is 5.56 Å². The molecule has 0 saturated carbocycles. The van der Waals surface area contributed by atoms with Crippen LogP contribution in [0.25, 0.3) is 0 Å². The van der Waals surface area contributed by atoms with Crippen molar-refractivity contribution in [2.24, 2.45) is 0 Å². The Hall–Kier alpha value is -2.52. The van der Waals surface area contributed by atoms with Crippen molar-refractivity contribution in [3.8, 4) is 0 Å². The lowest BCUT2D eigenvalue weighted by atomic mass is 10.1. The largest absolute Gasteiger partial charge is 0.419 e. The van der Waals surface area contributed by atoms with E-state index < -0.39 is 64.4 Å². The standard InChI is InChI=1S/C13H4Br2ClF3N4O6/c14-5-3-6(16)9(13(17,18)19)10(15)11(5)20-12-7(22(26)27)1-4(21(24)25)2-8(12)23(28)29/h1-3,20H. The van der Waals surface area contributed by atoms with Crippen LogP contribution in [-0.4, -0.2) is 14.8 Å². The van der Waals surface area contributed by atoms with E-state index in [0.717, 1.165) is 6.07 Å². The first-order valence-electron chi connectivity index (χ1n) is 6.88. The minimum Gasteiger partial charge on any atom is -0.342 e. The van der Waals surface area contributed by atoms with E-state index in [0.29, 0.717) is 12.1 Å². The van der Waals surface area contributed by atoms with Crippen molar-refractivity contribution in [1.82, 2.24) is 0 Å². The fraction of sp³-hybridized carbons (Fsp3) is 0.0769. The Morgan fingerprint density at radius 3 is 1.76 bits per heavy atom. The molecule has 1 N–H and O–H groups in total. The van der Waals surface area contributed by atoms with Gasteiger partial charge in [0.1, 0.15) is 0 Å². The number of nitro benzene ring substituents is 3. The summed E-state index contributed by atoms with van der Waals surface area (Å²) in [5.74, 6) is 0. The molecule has 2 aromatic rings. The van der Waals surface area contributed by atoms with E-state index in [2.05, 4.69) is 37.2 Å². The third-order valence-electron chi connectivity index (χ3n) is 3.39. The number of rotatable bonds is 5. The normalized spacial score (nSPS) is 11.2. The minimum absolute atomic E-state index is 0.121. The predicted octanol–water partition coefficient (Wildman–Crippen LogP) is 6.35. The summed E-state index contributed by atoms with van der Waals surface area (Å²) in [5, 5.41) is 35.0. The maximum atomic E-state index is 13.3. The van der Waals surface area contributed by atoms with Crippen LogP contribution in [0.4, 0.5) is 41.6 Å². The number of non-ortho nitro benzene ring substituents is 1. The summed E-state index contributed by atoms with van der Waals surface area (Å²) in [6.07, 6.45) is -4.93.